The fourth-order valence-electron chi connectivity index (χ4n) is 3.72. The quantitative estimate of drug-likeness (QED) is 0.696. The molecule has 0 amide bonds. The van der Waals surface area contributed by atoms with Crippen molar-refractivity contribution in [1.29, 1.82) is 0 Å². The van der Waals surface area contributed by atoms with Crippen LogP contribution in [-0.2, 0) is 0 Å². The van der Waals surface area contributed by atoms with Gasteiger partial charge in [0.05, 0.1) is 14.2 Å². The van der Waals surface area contributed by atoms with Gasteiger partial charge in [-0.15, -0.1) is 0 Å². The van der Waals surface area contributed by atoms with E-state index >= 15 is 0 Å². The van der Waals surface area contributed by atoms with Crippen molar-refractivity contribution in [2.24, 2.45) is 0 Å². The maximum absolute atomic E-state index is 13.5. The van der Waals surface area contributed by atoms with Gasteiger partial charge < -0.3 is 18.9 Å². The summed E-state index contributed by atoms with van der Waals surface area (Å²) in [4.78, 5) is 13.5. The van der Waals surface area contributed by atoms with Crippen molar-refractivity contribution in [3.8, 4) is 23.0 Å². The fourth-order valence-corrected chi connectivity index (χ4v) is 3.72. The highest BCUT2D eigenvalue weighted by molar-refractivity contribution is 6.30. The van der Waals surface area contributed by atoms with Crippen LogP contribution in [0.3, 0.4) is 0 Å². The molecule has 5 nitrogen and oxygen atoms in total. The van der Waals surface area contributed by atoms with Gasteiger partial charge >= 0.3 is 0 Å². The molecular formula is C24H24O5. The van der Waals surface area contributed by atoms with Gasteiger partial charge in [0, 0.05) is 28.3 Å². The Morgan fingerprint density at radius 2 is 1.79 bits per heavy atom. The standard InChI is InChI=1S/C24H24O5/c1-14-15-8-10-24(2,3)29-19(15)7-6-16(14)23(25)17-9-11-28-20-13-22(27-5)21(26-4)12-18(17)20/h6-10,12-13H,11H2,1-5H3. The lowest BCUT2D eigenvalue weighted by Crippen LogP contribution is -2.28. The first-order valence-electron chi connectivity index (χ1n) is 9.50. The second-order valence-electron chi connectivity index (χ2n) is 7.65. The summed E-state index contributed by atoms with van der Waals surface area (Å²) in [6, 6.07) is 7.25. The summed E-state index contributed by atoms with van der Waals surface area (Å²) in [5, 5.41) is 0. The minimum absolute atomic E-state index is 0.0553. The monoisotopic (exact) mass is 392 g/mol. The van der Waals surface area contributed by atoms with Crippen molar-refractivity contribution >= 4 is 17.4 Å². The molecule has 0 spiro atoms. The maximum Gasteiger partial charge on any atom is 0.193 e. The number of methoxy groups -OCH3 is 2. The molecule has 2 aromatic carbocycles. The van der Waals surface area contributed by atoms with Crippen LogP contribution in [0, 0.1) is 6.92 Å². The van der Waals surface area contributed by atoms with E-state index in [1.54, 1.807) is 26.4 Å². The molecule has 29 heavy (non-hydrogen) atoms. The summed E-state index contributed by atoms with van der Waals surface area (Å²) < 4.78 is 22.5. The zero-order chi connectivity index (χ0) is 20.8. The summed E-state index contributed by atoms with van der Waals surface area (Å²) in [7, 11) is 3.14. The van der Waals surface area contributed by atoms with Crippen LogP contribution in [0.2, 0.25) is 0 Å². The Kier molecular flexibility index (Phi) is 4.61. The number of ketones is 1. The van der Waals surface area contributed by atoms with Gasteiger partial charge in [-0.3, -0.25) is 4.79 Å². The molecule has 0 unspecified atom stereocenters. The first-order chi connectivity index (χ1) is 13.8. The molecule has 150 valence electrons. The Morgan fingerprint density at radius 1 is 1.07 bits per heavy atom. The molecule has 0 atom stereocenters. The van der Waals surface area contributed by atoms with Crippen molar-refractivity contribution in [2.45, 2.75) is 26.4 Å². The van der Waals surface area contributed by atoms with Crippen molar-refractivity contribution in [2.75, 3.05) is 20.8 Å². The number of rotatable bonds is 4. The van der Waals surface area contributed by atoms with Crippen molar-refractivity contribution in [1.82, 2.24) is 0 Å². The van der Waals surface area contributed by atoms with E-state index in [4.69, 9.17) is 18.9 Å². The number of ether oxygens (including phenoxy) is 4. The van der Waals surface area contributed by atoms with Gasteiger partial charge in [-0.2, -0.15) is 0 Å². The number of hydrogen-bond acceptors (Lipinski definition) is 5. The molecule has 0 saturated carbocycles. The number of hydrogen-bond donors (Lipinski definition) is 0. The molecule has 2 aliphatic rings. The Morgan fingerprint density at radius 3 is 2.52 bits per heavy atom. The van der Waals surface area contributed by atoms with Crippen molar-refractivity contribution in [3.63, 3.8) is 0 Å². The highest BCUT2D eigenvalue weighted by Gasteiger charge is 2.28. The van der Waals surface area contributed by atoms with Crippen LogP contribution >= 0.6 is 0 Å². The molecule has 5 heteroatoms. The van der Waals surface area contributed by atoms with E-state index in [9.17, 15) is 4.79 Å². The Bertz CT molecular complexity index is 1060. The first kappa shape index (κ1) is 19.1. The molecule has 0 aliphatic carbocycles. The van der Waals surface area contributed by atoms with E-state index < -0.39 is 0 Å². The average molecular weight is 392 g/mol. The molecule has 0 aromatic heterocycles. The minimum Gasteiger partial charge on any atom is -0.493 e. The van der Waals surface area contributed by atoms with Crippen LogP contribution < -0.4 is 18.9 Å². The number of Topliss-reactive ketones (excluding diaryl/α,β-unsaturated/α-hetero) is 1. The average Bonchev–Trinajstić information content (AvgIpc) is 2.71. The molecule has 2 heterocycles. The highest BCUT2D eigenvalue weighted by Crippen LogP contribution is 2.42. The van der Waals surface area contributed by atoms with E-state index in [0.717, 1.165) is 16.9 Å². The van der Waals surface area contributed by atoms with E-state index in [2.05, 4.69) is 0 Å². The van der Waals surface area contributed by atoms with Crippen LogP contribution in [0.4, 0.5) is 0 Å². The normalized spacial score (nSPS) is 16.0. The van der Waals surface area contributed by atoms with Gasteiger partial charge in [0.2, 0.25) is 0 Å². The molecular weight excluding hydrogens is 368 g/mol. The van der Waals surface area contributed by atoms with Crippen LogP contribution in [-0.4, -0.2) is 32.2 Å². The second-order valence-corrected chi connectivity index (χ2v) is 7.65. The summed E-state index contributed by atoms with van der Waals surface area (Å²) in [6.45, 7) is 6.29. The molecule has 2 aromatic rings. The van der Waals surface area contributed by atoms with E-state index in [0.29, 0.717) is 40.6 Å². The number of benzene rings is 2. The third-order valence-electron chi connectivity index (χ3n) is 5.29. The number of allylic oxidation sites excluding steroid dienone is 1. The smallest absolute Gasteiger partial charge is 0.193 e. The van der Waals surface area contributed by atoms with Gasteiger partial charge in [-0.05, 0) is 56.7 Å². The lowest BCUT2D eigenvalue weighted by Gasteiger charge is -2.29. The van der Waals surface area contributed by atoms with Crippen LogP contribution in [0.15, 0.2) is 36.4 Å². The van der Waals surface area contributed by atoms with Gasteiger partial charge in [0.1, 0.15) is 23.7 Å². The van der Waals surface area contributed by atoms with E-state index in [1.165, 1.54) is 0 Å². The zero-order valence-corrected chi connectivity index (χ0v) is 17.3. The lowest BCUT2D eigenvalue weighted by atomic mass is 9.89. The molecule has 0 bridgehead atoms. The number of fused-ring (bicyclic) bond motifs is 2. The van der Waals surface area contributed by atoms with Crippen molar-refractivity contribution in [3.05, 3.63) is 58.7 Å². The van der Waals surface area contributed by atoms with Crippen LogP contribution in [0.5, 0.6) is 23.0 Å². The van der Waals surface area contributed by atoms with Crippen LogP contribution in [0.1, 0.15) is 40.9 Å². The third kappa shape index (κ3) is 3.27. The first-order valence-corrected chi connectivity index (χ1v) is 9.50. The molecule has 2 aliphatic heterocycles. The van der Waals surface area contributed by atoms with Crippen LogP contribution in [0.25, 0.3) is 11.6 Å². The molecule has 0 radical (unpaired) electrons. The summed E-state index contributed by atoms with van der Waals surface area (Å²) in [6.07, 6.45) is 5.85. The second kappa shape index (κ2) is 6.99. The highest BCUT2D eigenvalue weighted by atomic mass is 16.5. The zero-order valence-electron chi connectivity index (χ0n) is 17.3. The summed E-state index contributed by atoms with van der Waals surface area (Å²) in [5.41, 5.74) is 3.41. The Hall–Kier alpha value is -3.21. The Labute approximate surface area is 170 Å². The lowest BCUT2D eigenvalue weighted by molar-refractivity contribution is 0.105. The van der Waals surface area contributed by atoms with Gasteiger partial charge in [0.15, 0.2) is 17.3 Å². The molecule has 4 rings (SSSR count). The van der Waals surface area contributed by atoms with Crippen molar-refractivity contribution < 1.29 is 23.7 Å². The predicted octanol–water partition coefficient (Wildman–Crippen LogP) is 4.86. The van der Waals surface area contributed by atoms with Gasteiger partial charge in [0.25, 0.3) is 0 Å². The fraction of sp³-hybridized carbons (Fsp3) is 0.292. The van der Waals surface area contributed by atoms with Gasteiger partial charge in [-0.25, -0.2) is 0 Å². The predicted molar refractivity (Wildman–Crippen MR) is 112 cm³/mol. The SMILES string of the molecule is COc1cc2c(cc1OC)C(C(=O)c1ccc3c(c1C)C=CC(C)(C)O3)=CCO2. The van der Waals surface area contributed by atoms with Gasteiger partial charge in [-0.1, -0.05) is 6.08 Å². The molecule has 0 saturated heterocycles. The largest absolute Gasteiger partial charge is 0.493 e. The minimum atomic E-state index is -0.358. The number of carbonyl (C=O) groups is 1. The van der Waals surface area contributed by atoms with E-state index in [-0.39, 0.29) is 11.4 Å². The molecule has 0 fully saturated rings. The summed E-state index contributed by atoms with van der Waals surface area (Å²) in [5.74, 6) is 2.46. The topological polar surface area (TPSA) is 54.0 Å². The van der Waals surface area contributed by atoms with E-state index in [1.807, 2.05) is 51.1 Å². The Balaban J connectivity index is 1.77. The molecule has 0 N–H and O–H groups in total. The third-order valence-corrected chi connectivity index (χ3v) is 5.29. The maximum atomic E-state index is 13.5. The number of carbonyl (C=O) groups excluding carboxylic acids is 1. The summed E-state index contributed by atoms with van der Waals surface area (Å²) >= 11 is 0.